The molecule has 0 saturated carbocycles. The number of aliphatic hydroxyl groups excluding tert-OH is 1. The first kappa shape index (κ1) is 10.2. The van der Waals surface area contributed by atoms with E-state index in [2.05, 4.69) is 20.9 Å². The zero-order chi connectivity index (χ0) is 9.30. The number of hydrogen-bond donors (Lipinski definition) is 1. The van der Waals surface area contributed by atoms with Gasteiger partial charge in [-0.3, -0.25) is 0 Å². The highest BCUT2D eigenvalue weighted by Gasteiger charge is 2.18. The van der Waals surface area contributed by atoms with E-state index >= 15 is 0 Å². The Bertz CT molecular complexity index is 272. The Morgan fingerprint density at radius 1 is 1.50 bits per heavy atom. The van der Waals surface area contributed by atoms with Gasteiger partial charge in [-0.25, -0.2) is 4.98 Å². The molecule has 0 saturated heterocycles. The minimum atomic E-state index is -0.398. The first-order valence-electron chi connectivity index (χ1n) is 3.83. The number of hydrogen-bond acceptors (Lipinski definition) is 3. The first-order chi connectivity index (χ1) is 5.52. The lowest BCUT2D eigenvalue weighted by atomic mass is 10.1. The van der Waals surface area contributed by atoms with Crippen LogP contribution in [0.3, 0.4) is 0 Å². The lowest BCUT2D eigenvalue weighted by molar-refractivity contribution is 0.129. The maximum atomic E-state index is 9.73. The van der Waals surface area contributed by atoms with Crippen LogP contribution in [0, 0.1) is 12.8 Å². The number of rotatable bonds is 2. The van der Waals surface area contributed by atoms with Crippen LogP contribution in [0.2, 0.25) is 0 Å². The van der Waals surface area contributed by atoms with Crippen molar-refractivity contribution < 1.29 is 5.11 Å². The number of aromatic nitrogens is 1. The van der Waals surface area contributed by atoms with Crippen molar-refractivity contribution in [3.63, 3.8) is 0 Å². The van der Waals surface area contributed by atoms with E-state index in [0.29, 0.717) is 0 Å². The highest BCUT2D eigenvalue weighted by Crippen LogP contribution is 2.32. The van der Waals surface area contributed by atoms with Gasteiger partial charge in [0.05, 0.1) is 16.0 Å². The summed E-state index contributed by atoms with van der Waals surface area (Å²) in [6.45, 7) is 5.92. The molecular weight excluding hydrogens is 238 g/mol. The molecule has 0 amide bonds. The molecule has 0 fully saturated rings. The molecule has 0 aliphatic rings. The highest BCUT2D eigenvalue weighted by molar-refractivity contribution is 9.10. The molecule has 4 heteroatoms. The van der Waals surface area contributed by atoms with Crippen molar-refractivity contribution in [3.8, 4) is 0 Å². The molecule has 0 aliphatic heterocycles. The summed E-state index contributed by atoms with van der Waals surface area (Å²) < 4.78 is 0.784. The lowest BCUT2D eigenvalue weighted by Gasteiger charge is -2.11. The summed E-state index contributed by atoms with van der Waals surface area (Å²) in [5.41, 5.74) is 0. The molecule has 1 N–H and O–H groups in total. The van der Waals surface area contributed by atoms with Gasteiger partial charge in [0.25, 0.3) is 0 Å². The summed E-state index contributed by atoms with van der Waals surface area (Å²) in [6.07, 6.45) is -0.398. The Balaban J connectivity index is 2.94. The maximum Gasteiger partial charge on any atom is 0.123 e. The van der Waals surface area contributed by atoms with Crippen molar-refractivity contribution in [1.82, 2.24) is 4.98 Å². The standard InChI is InChI=1S/C8H12BrNOS/c1-4(2)6(11)7-8(9)10-5(3)12-7/h4,6,11H,1-3H3. The molecule has 1 unspecified atom stereocenters. The van der Waals surface area contributed by atoms with E-state index in [4.69, 9.17) is 0 Å². The van der Waals surface area contributed by atoms with Crippen LogP contribution >= 0.6 is 27.3 Å². The van der Waals surface area contributed by atoms with E-state index < -0.39 is 6.10 Å². The Kier molecular flexibility index (Phi) is 3.26. The van der Waals surface area contributed by atoms with Gasteiger partial charge in [0.2, 0.25) is 0 Å². The monoisotopic (exact) mass is 249 g/mol. The van der Waals surface area contributed by atoms with Crippen LogP contribution in [-0.2, 0) is 0 Å². The smallest absolute Gasteiger partial charge is 0.123 e. The molecule has 1 aromatic rings. The van der Waals surface area contributed by atoms with Crippen molar-refractivity contribution in [1.29, 1.82) is 0 Å². The van der Waals surface area contributed by atoms with Crippen molar-refractivity contribution in [2.75, 3.05) is 0 Å². The van der Waals surface area contributed by atoms with Gasteiger partial charge in [0, 0.05) is 0 Å². The Morgan fingerprint density at radius 3 is 2.42 bits per heavy atom. The number of aryl methyl sites for hydroxylation is 1. The SMILES string of the molecule is Cc1nc(Br)c(C(O)C(C)C)s1. The van der Waals surface area contributed by atoms with Crippen molar-refractivity contribution >= 4 is 27.3 Å². The lowest BCUT2D eigenvalue weighted by Crippen LogP contribution is -2.03. The quantitative estimate of drug-likeness (QED) is 0.875. The van der Waals surface area contributed by atoms with Crippen LogP contribution in [0.25, 0.3) is 0 Å². The second-order valence-electron chi connectivity index (χ2n) is 3.08. The van der Waals surface area contributed by atoms with E-state index in [1.165, 1.54) is 0 Å². The molecule has 0 aromatic carbocycles. The van der Waals surface area contributed by atoms with Gasteiger partial charge in [-0.15, -0.1) is 11.3 Å². The van der Waals surface area contributed by atoms with E-state index in [9.17, 15) is 5.11 Å². The van der Waals surface area contributed by atoms with Crippen LogP contribution in [0.5, 0.6) is 0 Å². The van der Waals surface area contributed by atoms with Gasteiger partial charge in [-0.1, -0.05) is 13.8 Å². The zero-order valence-electron chi connectivity index (χ0n) is 7.34. The molecule has 2 nitrogen and oxygen atoms in total. The second kappa shape index (κ2) is 3.85. The first-order valence-corrected chi connectivity index (χ1v) is 5.44. The fourth-order valence-corrected chi connectivity index (χ4v) is 2.74. The van der Waals surface area contributed by atoms with Gasteiger partial charge in [0.1, 0.15) is 4.60 Å². The molecule has 0 bridgehead atoms. The predicted molar refractivity (Wildman–Crippen MR) is 54.3 cm³/mol. The van der Waals surface area contributed by atoms with Crippen LogP contribution in [0.4, 0.5) is 0 Å². The highest BCUT2D eigenvalue weighted by atomic mass is 79.9. The van der Waals surface area contributed by atoms with Crippen molar-refractivity contribution in [2.24, 2.45) is 5.92 Å². The van der Waals surface area contributed by atoms with Gasteiger partial charge in [-0.05, 0) is 28.8 Å². The summed E-state index contributed by atoms with van der Waals surface area (Å²) in [5.74, 6) is 0.237. The van der Waals surface area contributed by atoms with Gasteiger partial charge in [0.15, 0.2) is 0 Å². The normalized spacial score (nSPS) is 13.8. The third-order valence-electron chi connectivity index (χ3n) is 1.62. The van der Waals surface area contributed by atoms with Crippen LogP contribution < -0.4 is 0 Å². The molecule has 12 heavy (non-hydrogen) atoms. The second-order valence-corrected chi connectivity index (χ2v) is 5.06. The number of nitrogens with zero attached hydrogens (tertiary/aromatic N) is 1. The number of halogens is 1. The predicted octanol–water partition coefficient (Wildman–Crippen LogP) is 2.90. The average molecular weight is 250 g/mol. The topological polar surface area (TPSA) is 33.1 Å². The molecule has 1 rings (SSSR count). The van der Waals surface area contributed by atoms with Crippen LogP contribution in [-0.4, -0.2) is 10.1 Å². The summed E-state index contributed by atoms with van der Waals surface area (Å²) in [6, 6.07) is 0. The van der Waals surface area contributed by atoms with Crippen LogP contribution in [0.15, 0.2) is 4.60 Å². The van der Waals surface area contributed by atoms with Gasteiger partial charge in [-0.2, -0.15) is 0 Å². The van der Waals surface area contributed by atoms with E-state index in [0.717, 1.165) is 14.5 Å². The third kappa shape index (κ3) is 2.06. The summed E-state index contributed by atoms with van der Waals surface area (Å²) >= 11 is 4.87. The Hall–Kier alpha value is 0.0700. The Morgan fingerprint density at radius 2 is 2.08 bits per heavy atom. The van der Waals surface area contributed by atoms with Crippen LogP contribution in [0.1, 0.15) is 29.8 Å². The Labute approximate surface area is 84.8 Å². The summed E-state index contributed by atoms with van der Waals surface area (Å²) in [5, 5.41) is 10.7. The maximum absolute atomic E-state index is 9.73. The molecule has 0 radical (unpaired) electrons. The largest absolute Gasteiger partial charge is 0.387 e. The van der Waals surface area contributed by atoms with E-state index in [-0.39, 0.29) is 5.92 Å². The molecule has 68 valence electrons. The zero-order valence-corrected chi connectivity index (χ0v) is 9.74. The fourth-order valence-electron chi connectivity index (χ4n) is 0.903. The minimum Gasteiger partial charge on any atom is -0.387 e. The van der Waals surface area contributed by atoms with E-state index in [1.807, 2.05) is 20.8 Å². The molecule has 1 heterocycles. The van der Waals surface area contributed by atoms with Crippen molar-refractivity contribution in [2.45, 2.75) is 26.9 Å². The average Bonchev–Trinajstić information content (AvgIpc) is 2.28. The fraction of sp³-hybridized carbons (Fsp3) is 0.625. The minimum absolute atomic E-state index is 0.237. The van der Waals surface area contributed by atoms with E-state index in [1.54, 1.807) is 11.3 Å². The molecule has 1 atom stereocenters. The molecule has 0 spiro atoms. The third-order valence-corrected chi connectivity index (χ3v) is 3.53. The molecule has 0 aliphatic carbocycles. The number of aliphatic hydroxyl groups is 1. The summed E-state index contributed by atoms with van der Waals surface area (Å²) in [7, 11) is 0. The molecular formula is C8H12BrNOS. The number of thiazole rings is 1. The van der Waals surface area contributed by atoms with Gasteiger partial charge >= 0.3 is 0 Å². The van der Waals surface area contributed by atoms with Gasteiger partial charge < -0.3 is 5.11 Å². The van der Waals surface area contributed by atoms with Crippen molar-refractivity contribution in [3.05, 3.63) is 14.5 Å². The molecule has 1 aromatic heterocycles. The summed E-state index contributed by atoms with van der Waals surface area (Å²) in [4.78, 5) is 5.12.